The Morgan fingerprint density at radius 3 is 2.61 bits per heavy atom. The van der Waals surface area contributed by atoms with Crippen LogP contribution in [0.25, 0.3) is 0 Å². The zero-order valence-corrected chi connectivity index (χ0v) is 17.9. The molecule has 1 aliphatic heterocycles. The van der Waals surface area contributed by atoms with Crippen LogP contribution in [0.1, 0.15) is 44.6 Å². The number of guanidine groups is 1. The Kier molecular flexibility index (Phi) is 10.1. The maximum Gasteiger partial charge on any atom is 0.193 e. The van der Waals surface area contributed by atoms with Gasteiger partial charge in [0.2, 0.25) is 0 Å². The van der Waals surface area contributed by atoms with Gasteiger partial charge in [0, 0.05) is 40.5 Å². The van der Waals surface area contributed by atoms with Crippen LogP contribution in [-0.2, 0) is 9.47 Å². The molecule has 0 unspecified atom stereocenters. The van der Waals surface area contributed by atoms with Crippen LogP contribution in [0.4, 0.5) is 0 Å². The number of rotatable bonds is 10. The van der Waals surface area contributed by atoms with Crippen molar-refractivity contribution in [3.8, 4) is 5.75 Å². The van der Waals surface area contributed by atoms with Crippen LogP contribution in [0.15, 0.2) is 29.3 Å². The Morgan fingerprint density at radius 1 is 1.18 bits per heavy atom. The quantitative estimate of drug-likeness (QED) is 0.377. The van der Waals surface area contributed by atoms with Crippen molar-refractivity contribution in [1.29, 1.82) is 0 Å². The summed E-state index contributed by atoms with van der Waals surface area (Å²) in [6, 6.07) is 8.26. The summed E-state index contributed by atoms with van der Waals surface area (Å²) in [5.41, 5.74) is 1.25. The van der Waals surface area contributed by atoms with E-state index in [1.165, 1.54) is 5.56 Å². The fourth-order valence-electron chi connectivity index (χ4n) is 3.43. The molecule has 0 radical (unpaired) electrons. The molecule has 1 saturated heterocycles. The molecular formula is C22H37N3O3. The molecular weight excluding hydrogens is 354 g/mol. The van der Waals surface area contributed by atoms with Crippen LogP contribution >= 0.6 is 0 Å². The topological polar surface area (TPSA) is 55.3 Å². The van der Waals surface area contributed by atoms with Gasteiger partial charge in [0.1, 0.15) is 12.4 Å². The molecule has 0 spiro atoms. The fourth-order valence-corrected chi connectivity index (χ4v) is 3.43. The molecule has 1 aliphatic rings. The predicted octanol–water partition coefficient (Wildman–Crippen LogP) is 3.28. The van der Waals surface area contributed by atoms with Crippen LogP contribution in [0.3, 0.4) is 0 Å². The second-order valence-electron chi connectivity index (χ2n) is 7.42. The first-order chi connectivity index (χ1) is 13.7. The molecule has 0 bridgehead atoms. The maximum atomic E-state index is 6.00. The average molecular weight is 392 g/mol. The van der Waals surface area contributed by atoms with Gasteiger partial charge in [0.25, 0.3) is 0 Å². The SMILES string of the molecule is CN=C(NCCOc1ccccc1C(C)C)N1CCC(OCCCOC)CC1. The summed E-state index contributed by atoms with van der Waals surface area (Å²) in [6.45, 7) is 9.19. The van der Waals surface area contributed by atoms with E-state index in [1.54, 1.807) is 7.11 Å². The lowest BCUT2D eigenvalue weighted by Gasteiger charge is -2.34. The molecule has 1 N–H and O–H groups in total. The summed E-state index contributed by atoms with van der Waals surface area (Å²) in [5.74, 6) is 2.37. The number of nitrogens with one attached hydrogen (secondary N) is 1. The van der Waals surface area contributed by atoms with E-state index in [9.17, 15) is 0 Å². The number of likely N-dealkylation sites (tertiary alicyclic amines) is 1. The van der Waals surface area contributed by atoms with Gasteiger partial charge in [-0.05, 0) is 36.8 Å². The van der Waals surface area contributed by atoms with Crippen molar-refractivity contribution >= 4 is 5.96 Å². The van der Waals surface area contributed by atoms with Gasteiger partial charge in [-0.15, -0.1) is 0 Å². The fraction of sp³-hybridized carbons (Fsp3) is 0.682. The second kappa shape index (κ2) is 12.6. The Morgan fingerprint density at radius 2 is 1.93 bits per heavy atom. The number of nitrogens with zero attached hydrogens (tertiary/aromatic N) is 2. The van der Waals surface area contributed by atoms with Gasteiger partial charge in [0.15, 0.2) is 5.96 Å². The van der Waals surface area contributed by atoms with Crippen molar-refractivity contribution in [2.24, 2.45) is 4.99 Å². The molecule has 0 saturated carbocycles. The monoisotopic (exact) mass is 391 g/mol. The lowest BCUT2D eigenvalue weighted by Crippen LogP contribution is -2.47. The molecule has 0 atom stereocenters. The summed E-state index contributed by atoms with van der Waals surface area (Å²) in [5, 5.41) is 3.43. The summed E-state index contributed by atoms with van der Waals surface area (Å²) in [4.78, 5) is 6.73. The summed E-state index contributed by atoms with van der Waals surface area (Å²) >= 11 is 0. The van der Waals surface area contributed by atoms with Gasteiger partial charge >= 0.3 is 0 Å². The van der Waals surface area contributed by atoms with Crippen LogP contribution in [0.5, 0.6) is 5.75 Å². The summed E-state index contributed by atoms with van der Waals surface area (Å²) in [6.07, 6.45) is 3.37. The lowest BCUT2D eigenvalue weighted by molar-refractivity contribution is 0.00989. The summed E-state index contributed by atoms with van der Waals surface area (Å²) in [7, 11) is 3.57. The number of hydrogen-bond acceptors (Lipinski definition) is 4. The summed E-state index contributed by atoms with van der Waals surface area (Å²) < 4.78 is 17.0. The van der Waals surface area contributed by atoms with Crippen molar-refractivity contribution in [1.82, 2.24) is 10.2 Å². The van der Waals surface area contributed by atoms with E-state index >= 15 is 0 Å². The highest BCUT2D eigenvalue weighted by Gasteiger charge is 2.21. The number of aliphatic imine (C=N–C) groups is 1. The predicted molar refractivity (Wildman–Crippen MR) is 114 cm³/mol. The molecule has 28 heavy (non-hydrogen) atoms. The number of methoxy groups -OCH3 is 1. The molecule has 0 aromatic heterocycles. The third-order valence-electron chi connectivity index (χ3n) is 4.98. The molecule has 6 heteroatoms. The number of benzene rings is 1. The van der Waals surface area contributed by atoms with E-state index in [0.717, 1.165) is 63.8 Å². The highest BCUT2D eigenvalue weighted by Crippen LogP contribution is 2.25. The van der Waals surface area contributed by atoms with Gasteiger partial charge in [-0.25, -0.2) is 0 Å². The minimum Gasteiger partial charge on any atom is -0.491 e. The number of hydrogen-bond donors (Lipinski definition) is 1. The van der Waals surface area contributed by atoms with Crippen LogP contribution in [0.2, 0.25) is 0 Å². The minimum absolute atomic E-state index is 0.349. The molecule has 2 rings (SSSR count). The standard InChI is InChI=1S/C22H37N3O3/c1-18(2)20-8-5-6-9-21(20)28-17-12-24-22(23-3)25-13-10-19(11-14-25)27-16-7-15-26-4/h5-6,8-9,18-19H,7,10-17H2,1-4H3,(H,23,24). The molecule has 1 aromatic carbocycles. The molecule has 0 aliphatic carbocycles. The Bertz CT molecular complexity index is 584. The van der Waals surface area contributed by atoms with E-state index in [2.05, 4.69) is 41.2 Å². The van der Waals surface area contributed by atoms with E-state index in [1.807, 2.05) is 19.2 Å². The molecule has 1 heterocycles. The molecule has 0 amide bonds. The van der Waals surface area contributed by atoms with Crippen molar-refractivity contribution < 1.29 is 14.2 Å². The van der Waals surface area contributed by atoms with Gasteiger partial charge in [-0.2, -0.15) is 0 Å². The Balaban J connectivity index is 1.68. The van der Waals surface area contributed by atoms with E-state index in [-0.39, 0.29) is 0 Å². The Labute approximate surface area is 170 Å². The van der Waals surface area contributed by atoms with Gasteiger partial charge < -0.3 is 24.4 Å². The van der Waals surface area contributed by atoms with E-state index < -0.39 is 0 Å². The van der Waals surface area contributed by atoms with Gasteiger partial charge in [-0.1, -0.05) is 32.0 Å². The maximum absolute atomic E-state index is 6.00. The second-order valence-corrected chi connectivity index (χ2v) is 7.42. The van der Waals surface area contributed by atoms with Crippen molar-refractivity contribution in [2.45, 2.75) is 45.1 Å². The molecule has 1 fully saturated rings. The number of para-hydroxylation sites is 1. The van der Waals surface area contributed by atoms with E-state index in [0.29, 0.717) is 18.6 Å². The van der Waals surface area contributed by atoms with Crippen molar-refractivity contribution in [3.63, 3.8) is 0 Å². The highest BCUT2D eigenvalue weighted by molar-refractivity contribution is 5.79. The third kappa shape index (κ3) is 7.32. The smallest absolute Gasteiger partial charge is 0.193 e. The zero-order chi connectivity index (χ0) is 20.2. The largest absolute Gasteiger partial charge is 0.491 e. The van der Waals surface area contributed by atoms with Crippen LogP contribution < -0.4 is 10.1 Å². The normalized spacial score (nSPS) is 15.9. The number of ether oxygens (including phenoxy) is 3. The molecule has 6 nitrogen and oxygen atoms in total. The Hall–Kier alpha value is -1.79. The first kappa shape index (κ1) is 22.5. The molecule has 1 aromatic rings. The van der Waals surface area contributed by atoms with Crippen LogP contribution in [0, 0.1) is 0 Å². The van der Waals surface area contributed by atoms with Crippen LogP contribution in [-0.4, -0.2) is 70.6 Å². The van der Waals surface area contributed by atoms with Crippen molar-refractivity contribution in [3.05, 3.63) is 29.8 Å². The van der Waals surface area contributed by atoms with Gasteiger partial charge in [0.05, 0.1) is 12.6 Å². The van der Waals surface area contributed by atoms with E-state index in [4.69, 9.17) is 14.2 Å². The average Bonchev–Trinajstić information content (AvgIpc) is 2.72. The molecule has 158 valence electrons. The lowest BCUT2D eigenvalue weighted by atomic mass is 10.0. The zero-order valence-electron chi connectivity index (χ0n) is 17.9. The minimum atomic E-state index is 0.349. The first-order valence-corrected chi connectivity index (χ1v) is 10.4. The highest BCUT2D eigenvalue weighted by atomic mass is 16.5. The third-order valence-corrected chi connectivity index (χ3v) is 4.98. The first-order valence-electron chi connectivity index (χ1n) is 10.4. The van der Waals surface area contributed by atoms with Gasteiger partial charge in [-0.3, -0.25) is 4.99 Å². The number of piperidine rings is 1. The van der Waals surface area contributed by atoms with Crippen molar-refractivity contribution in [2.75, 3.05) is 53.6 Å².